The van der Waals surface area contributed by atoms with Gasteiger partial charge in [-0.1, -0.05) is 12.1 Å². The normalized spacial score (nSPS) is 17.6. The van der Waals surface area contributed by atoms with E-state index in [4.69, 9.17) is 0 Å². The Labute approximate surface area is 256 Å². The number of alkyl halides is 3. The summed E-state index contributed by atoms with van der Waals surface area (Å²) < 4.78 is 56.4. The van der Waals surface area contributed by atoms with Crippen molar-refractivity contribution in [3.63, 3.8) is 0 Å². The fraction of sp³-hybridized carbons (Fsp3) is 0.312. The molecule has 0 saturated carbocycles. The van der Waals surface area contributed by atoms with E-state index in [2.05, 4.69) is 38.0 Å². The van der Waals surface area contributed by atoms with Crippen LogP contribution in [0, 0.1) is 11.7 Å². The van der Waals surface area contributed by atoms with Crippen LogP contribution in [0.25, 0.3) is 10.8 Å². The van der Waals surface area contributed by atoms with Gasteiger partial charge in [0.15, 0.2) is 5.69 Å². The number of amides is 2. The highest BCUT2D eigenvalue weighted by Gasteiger charge is 2.38. The quantitative estimate of drug-likeness (QED) is 0.243. The van der Waals surface area contributed by atoms with E-state index in [0.717, 1.165) is 48.8 Å². The topological polar surface area (TPSA) is 104 Å². The van der Waals surface area contributed by atoms with E-state index < -0.39 is 35.4 Å². The minimum atomic E-state index is -4.90. The van der Waals surface area contributed by atoms with Crippen LogP contribution >= 0.6 is 0 Å². The first kappa shape index (κ1) is 30.3. The average Bonchev–Trinajstić information content (AvgIpc) is 3.43. The smallest absolute Gasteiger partial charge is 0.350 e. The summed E-state index contributed by atoms with van der Waals surface area (Å²) in [5, 5.41) is 15.0. The fourth-order valence-corrected chi connectivity index (χ4v) is 5.87. The standard InChI is InChI=1S/C32H31F4N7O2/c1-18-28(31(45)40-23-5-3-22-17-37-10-7-20(22)13-23)29(21-4-6-24(25(33)14-21)32(34,35)36)43-27(39-18)15-26(41-43)30(44)38-16-19-8-11-42(2)12-9-19/h3-7,10,13-15,17,19,29,39H,8-9,11-12,16H2,1-2H3,(H,38,44)(H,40,45). The predicted octanol–water partition coefficient (Wildman–Crippen LogP) is 5.59. The first-order valence-corrected chi connectivity index (χ1v) is 14.5. The van der Waals surface area contributed by atoms with Gasteiger partial charge in [0.1, 0.15) is 17.7 Å². The molecule has 1 unspecified atom stereocenters. The number of hydrogen-bond donors (Lipinski definition) is 3. The lowest BCUT2D eigenvalue weighted by molar-refractivity contribution is -0.140. The molecule has 0 spiro atoms. The first-order valence-electron chi connectivity index (χ1n) is 14.5. The van der Waals surface area contributed by atoms with Crippen molar-refractivity contribution in [1.29, 1.82) is 0 Å². The van der Waals surface area contributed by atoms with Crippen LogP contribution in [0.2, 0.25) is 0 Å². The molecule has 1 saturated heterocycles. The van der Waals surface area contributed by atoms with Gasteiger partial charge in [-0.25, -0.2) is 9.07 Å². The zero-order chi connectivity index (χ0) is 31.9. The molecule has 234 valence electrons. The van der Waals surface area contributed by atoms with Crippen molar-refractivity contribution >= 4 is 34.1 Å². The SMILES string of the molecule is CC1=C(C(=O)Nc2ccc3cnccc3c2)C(c2ccc(C(F)(F)F)c(F)c2)n2nc(C(=O)NCC3CCN(C)CC3)cc2N1. The van der Waals surface area contributed by atoms with Gasteiger partial charge in [0.2, 0.25) is 0 Å². The summed E-state index contributed by atoms with van der Waals surface area (Å²) >= 11 is 0. The lowest BCUT2D eigenvalue weighted by Gasteiger charge is -2.30. The molecule has 1 fully saturated rings. The number of anilines is 2. The second-order valence-electron chi connectivity index (χ2n) is 11.5. The van der Waals surface area contributed by atoms with Crippen LogP contribution in [0.1, 0.15) is 47.4 Å². The number of aromatic nitrogens is 3. The molecule has 13 heteroatoms. The number of rotatable bonds is 6. The summed E-state index contributed by atoms with van der Waals surface area (Å²) in [5.74, 6) is -1.83. The highest BCUT2D eigenvalue weighted by molar-refractivity contribution is 6.07. The van der Waals surface area contributed by atoms with Gasteiger partial charge in [-0.15, -0.1) is 0 Å². The Kier molecular flexibility index (Phi) is 8.04. The van der Waals surface area contributed by atoms with Crippen molar-refractivity contribution in [2.45, 2.75) is 32.0 Å². The number of nitrogens with zero attached hydrogens (tertiary/aromatic N) is 4. The number of allylic oxidation sites excluding steroid dienone is 1. The molecule has 0 bridgehead atoms. The maximum atomic E-state index is 14.9. The summed E-state index contributed by atoms with van der Waals surface area (Å²) in [6, 6.07) is 9.94. The summed E-state index contributed by atoms with van der Waals surface area (Å²) in [4.78, 5) is 33.3. The summed E-state index contributed by atoms with van der Waals surface area (Å²) in [6.45, 7) is 3.99. The van der Waals surface area contributed by atoms with Crippen LogP contribution in [0.5, 0.6) is 0 Å². The van der Waals surface area contributed by atoms with Gasteiger partial charge < -0.3 is 20.9 Å². The molecule has 3 N–H and O–H groups in total. The van der Waals surface area contributed by atoms with Crippen LogP contribution in [0.3, 0.4) is 0 Å². The van der Waals surface area contributed by atoms with Crippen molar-refractivity contribution in [2.75, 3.05) is 37.3 Å². The largest absolute Gasteiger partial charge is 0.419 e. The maximum absolute atomic E-state index is 14.9. The summed E-state index contributed by atoms with van der Waals surface area (Å²) in [5.41, 5.74) is -0.380. The number of carbonyl (C=O) groups is 2. The minimum absolute atomic E-state index is 0.0544. The Morgan fingerprint density at radius 2 is 1.80 bits per heavy atom. The Morgan fingerprint density at radius 1 is 1.02 bits per heavy atom. The van der Waals surface area contributed by atoms with E-state index in [1.165, 1.54) is 10.7 Å². The molecule has 2 aromatic carbocycles. The molecule has 2 amide bonds. The van der Waals surface area contributed by atoms with E-state index in [-0.39, 0.29) is 16.8 Å². The molecule has 2 aliphatic rings. The Bertz CT molecular complexity index is 1810. The Hall–Kier alpha value is -4.78. The zero-order valence-electron chi connectivity index (χ0n) is 24.6. The van der Waals surface area contributed by atoms with Gasteiger partial charge in [-0.2, -0.15) is 18.3 Å². The van der Waals surface area contributed by atoms with Crippen molar-refractivity contribution in [2.24, 2.45) is 5.92 Å². The summed E-state index contributed by atoms with van der Waals surface area (Å²) in [7, 11) is 2.06. The number of fused-ring (bicyclic) bond motifs is 2. The molecule has 0 aliphatic carbocycles. The van der Waals surface area contributed by atoms with Gasteiger partial charge in [0.25, 0.3) is 11.8 Å². The van der Waals surface area contributed by atoms with E-state index in [0.29, 0.717) is 35.7 Å². The maximum Gasteiger partial charge on any atom is 0.419 e. The number of benzene rings is 2. The average molecular weight is 622 g/mol. The molecular weight excluding hydrogens is 590 g/mol. The van der Waals surface area contributed by atoms with Gasteiger partial charge >= 0.3 is 6.18 Å². The van der Waals surface area contributed by atoms with Crippen molar-refractivity contribution in [1.82, 2.24) is 25.0 Å². The second kappa shape index (κ2) is 12.0. The number of pyridine rings is 1. The van der Waals surface area contributed by atoms with Gasteiger partial charge in [0, 0.05) is 41.8 Å². The number of hydrogen-bond acceptors (Lipinski definition) is 6. The molecule has 2 aliphatic heterocycles. The number of halogens is 4. The van der Waals surface area contributed by atoms with Crippen LogP contribution < -0.4 is 16.0 Å². The van der Waals surface area contributed by atoms with Gasteiger partial charge in [0.05, 0.1) is 11.1 Å². The number of carbonyl (C=O) groups excluding carboxylic acids is 2. The number of likely N-dealkylation sites (tertiary alicyclic amines) is 1. The minimum Gasteiger partial charge on any atom is -0.350 e. The monoisotopic (exact) mass is 621 g/mol. The molecule has 2 aromatic heterocycles. The molecule has 6 rings (SSSR count). The first-order chi connectivity index (χ1) is 21.5. The van der Waals surface area contributed by atoms with E-state index >= 15 is 0 Å². The lowest BCUT2D eigenvalue weighted by atomic mass is 9.93. The molecule has 4 heterocycles. The molecular formula is C32H31F4N7O2. The van der Waals surface area contributed by atoms with Crippen molar-refractivity contribution in [3.05, 3.63) is 94.8 Å². The highest BCUT2D eigenvalue weighted by atomic mass is 19.4. The second-order valence-corrected chi connectivity index (χ2v) is 11.5. The molecule has 4 aromatic rings. The Morgan fingerprint density at radius 3 is 2.53 bits per heavy atom. The molecule has 0 radical (unpaired) electrons. The zero-order valence-corrected chi connectivity index (χ0v) is 24.6. The molecule has 9 nitrogen and oxygen atoms in total. The third-order valence-corrected chi connectivity index (χ3v) is 8.35. The Balaban J connectivity index is 1.33. The number of piperidine rings is 1. The van der Waals surface area contributed by atoms with Crippen molar-refractivity contribution in [3.8, 4) is 0 Å². The highest BCUT2D eigenvalue weighted by Crippen LogP contribution is 2.39. The van der Waals surface area contributed by atoms with Crippen LogP contribution in [0.15, 0.2) is 72.2 Å². The fourth-order valence-electron chi connectivity index (χ4n) is 5.87. The van der Waals surface area contributed by atoms with Crippen LogP contribution in [0.4, 0.5) is 29.1 Å². The van der Waals surface area contributed by atoms with E-state index in [9.17, 15) is 27.2 Å². The number of nitrogens with one attached hydrogen (secondary N) is 3. The van der Waals surface area contributed by atoms with Gasteiger partial charge in [-0.05, 0) is 87.1 Å². The van der Waals surface area contributed by atoms with Crippen LogP contribution in [-0.2, 0) is 11.0 Å². The van der Waals surface area contributed by atoms with Crippen molar-refractivity contribution < 1.29 is 27.2 Å². The molecule has 45 heavy (non-hydrogen) atoms. The van der Waals surface area contributed by atoms with Gasteiger partial charge in [-0.3, -0.25) is 14.6 Å². The predicted molar refractivity (Wildman–Crippen MR) is 161 cm³/mol. The summed E-state index contributed by atoms with van der Waals surface area (Å²) in [6.07, 6.45) is 0.324. The third-order valence-electron chi connectivity index (χ3n) is 8.35. The van der Waals surface area contributed by atoms with E-state index in [1.807, 2.05) is 0 Å². The van der Waals surface area contributed by atoms with Crippen LogP contribution in [-0.4, -0.2) is 58.2 Å². The third kappa shape index (κ3) is 6.25. The van der Waals surface area contributed by atoms with E-state index in [1.54, 1.807) is 43.6 Å². The molecule has 1 atom stereocenters. The lowest BCUT2D eigenvalue weighted by Crippen LogP contribution is -2.37.